The fraction of sp³-hybridized carbons (Fsp3) is 0.417. The summed E-state index contributed by atoms with van der Waals surface area (Å²) in [4.78, 5) is 0. The van der Waals surface area contributed by atoms with Crippen LogP contribution in [0.25, 0.3) is 0 Å². The number of benzene rings is 1. The third-order valence-corrected chi connectivity index (χ3v) is 2.65. The molecule has 0 aromatic heterocycles. The summed E-state index contributed by atoms with van der Waals surface area (Å²) in [7, 11) is 0. The second-order valence-electron chi connectivity index (χ2n) is 4.97. The molecule has 0 atom stereocenters. The molecule has 0 saturated carbocycles. The summed E-state index contributed by atoms with van der Waals surface area (Å²) in [6, 6.07) is 3.47. The van der Waals surface area contributed by atoms with Crippen LogP contribution in [0.4, 0.5) is 13.2 Å². The van der Waals surface area contributed by atoms with Crippen molar-refractivity contribution in [3.8, 4) is 5.75 Å². The third kappa shape index (κ3) is 4.51. The summed E-state index contributed by atoms with van der Waals surface area (Å²) in [5.41, 5.74) is 0.184. The van der Waals surface area contributed by atoms with E-state index in [1.165, 1.54) is 12.1 Å². The van der Waals surface area contributed by atoms with Crippen LogP contribution in [0.5, 0.6) is 5.75 Å². The Bertz CT molecular complexity index is 510. The molecule has 0 saturated heterocycles. The lowest BCUT2D eigenvalue weighted by molar-refractivity contribution is -0.139. The minimum absolute atomic E-state index is 0.0709. The number of hydroxylamine groups is 1. The van der Waals surface area contributed by atoms with Gasteiger partial charge in [0.1, 0.15) is 11.4 Å². The van der Waals surface area contributed by atoms with Crippen molar-refractivity contribution in [1.82, 2.24) is 5.48 Å². The van der Waals surface area contributed by atoms with E-state index in [0.717, 1.165) is 6.07 Å². The number of amidine groups is 1. The first-order valence-corrected chi connectivity index (χ1v) is 6.54. The number of rotatable bonds is 2. The van der Waals surface area contributed by atoms with E-state index >= 15 is 0 Å². The molecule has 0 aliphatic heterocycles. The minimum Gasteiger partial charge on any atom is -0.488 e. The van der Waals surface area contributed by atoms with E-state index in [2.05, 4.69) is 3.21 Å². The second-order valence-corrected chi connectivity index (χ2v) is 5.45. The fourth-order valence-corrected chi connectivity index (χ4v) is 1.84. The van der Waals surface area contributed by atoms with Crippen molar-refractivity contribution >= 4 is 28.7 Å². The molecule has 1 rings (SSSR count). The second kappa shape index (κ2) is 6.17. The van der Waals surface area contributed by atoms with Gasteiger partial charge >= 0.3 is 6.18 Å². The predicted molar refractivity (Wildman–Crippen MR) is 77.3 cm³/mol. The monoisotopic (exact) mass is 402 g/mol. The fourth-order valence-electron chi connectivity index (χ4n) is 1.45. The van der Waals surface area contributed by atoms with Gasteiger partial charge in [-0.3, -0.25) is 10.7 Å². The van der Waals surface area contributed by atoms with E-state index < -0.39 is 17.3 Å². The maximum atomic E-state index is 13.1. The average molecular weight is 402 g/mol. The Morgan fingerprint density at radius 3 is 2.30 bits per heavy atom. The summed E-state index contributed by atoms with van der Waals surface area (Å²) in [5, 5.41) is 8.83. The highest BCUT2D eigenvalue weighted by atomic mass is 127. The lowest BCUT2D eigenvalue weighted by atomic mass is 10.1. The molecule has 0 aliphatic carbocycles. The molecule has 0 spiro atoms. The Morgan fingerprint density at radius 2 is 1.90 bits per heavy atom. The predicted octanol–water partition coefficient (Wildman–Crippen LogP) is 3.96. The van der Waals surface area contributed by atoms with Crippen LogP contribution in [0.3, 0.4) is 0 Å². The molecule has 1 aromatic carbocycles. The van der Waals surface area contributed by atoms with Crippen molar-refractivity contribution in [3.05, 3.63) is 29.3 Å². The summed E-state index contributed by atoms with van der Waals surface area (Å²) < 4.78 is 48.1. The van der Waals surface area contributed by atoms with E-state index in [-0.39, 0.29) is 17.1 Å². The highest BCUT2D eigenvalue weighted by Gasteiger charge is 2.36. The molecule has 0 aliphatic rings. The molecular weight excluding hydrogens is 388 g/mol. The van der Waals surface area contributed by atoms with E-state index in [1.54, 1.807) is 49.1 Å². The Labute approximate surface area is 128 Å². The Morgan fingerprint density at radius 1 is 1.30 bits per heavy atom. The molecule has 0 fully saturated rings. The first-order chi connectivity index (χ1) is 9.08. The van der Waals surface area contributed by atoms with Gasteiger partial charge in [0.2, 0.25) is 0 Å². The standard InChI is InChI=1S/C12H14F3IN2O2/c1-11(2,3)20-9-5-4-7(10(17-16)18-19)6-8(9)12(13,14)15/h4-6,19H,1-3H3,(H,17,18). The van der Waals surface area contributed by atoms with Gasteiger partial charge in [0, 0.05) is 5.56 Å². The van der Waals surface area contributed by atoms with Crippen LogP contribution in [0.1, 0.15) is 31.9 Å². The zero-order valence-electron chi connectivity index (χ0n) is 11.0. The van der Waals surface area contributed by atoms with Crippen LogP contribution in [0, 0.1) is 0 Å². The van der Waals surface area contributed by atoms with Gasteiger partial charge in [-0.15, -0.1) is 0 Å². The van der Waals surface area contributed by atoms with Crippen LogP contribution in [0.15, 0.2) is 21.4 Å². The SMILES string of the molecule is CC(C)(C)Oc1ccc(C(=NI)NO)cc1C(F)(F)F. The molecule has 0 heterocycles. The molecule has 0 amide bonds. The van der Waals surface area contributed by atoms with Gasteiger partial charge in [-0.05, 0) is 39.0 Å². The number of hydrogen-bond acceptors (Lipinski definition) is 3. The van der Waals surface area contributed by atoms with Crippen molar-refractivity contribution in [3.63, 3.8) is 0 Å². The number of hydrogen-bond donors (Lipinski definition) is 2. The van der Waals surface area contributed by atoms with Crippen molar-refractivity contribution in [2.75, 3.05) is 0 Å². The van der Waals surface area contributed by atoms with Crippen molar-refractivity contribution in [1.29, 1.82) is 0 Å². The highest BCUT2D eigenvalue weighted by Crippen LogP contribution is 2.38. The molecule has 0 unspecified atom stereocenters. The molecule has 1 aromatic rings. The molecule has 0 radical (unpaired) electrons. The molecular formula is C12H14F3IN2O2. The normalized spacial score (nSPS) is 13.3. The van der Waals surface area contributed by atoms with Gasteiger partial charge in [-0.25, -0.2) is 0 Å². The topological polar surface area (TPSA) is 53.8 Å². The molecule has 112 valence electrons. The van der Waals surface area contributed by atoms with Gasteiger partial charge in [0.25, 0.3) is 0 Å². The number of ether oxygens (including phenoxy) is 1. The maximum Gasteiger partial charge on any atom is 0.419 e. The molecule has 20 heavy (non-hydrogen) atoms. The lowest BCUT2D eigenvalue weighted by Crippen LogP contribution is -2.25. The first kappa shape index (κ1) is 17.0. The summed E-state index contributed by atoms with van der Waals surface area (Å²) in [6.45, 7) is 4.98. The van der Waals surface area contributed by atoms with Crippen LogP contribution in [0.2, 0.25) is 0 Å². The summed E-state index contributed by atoms with van der Waals surface area (Å²) >= 11 is 1.57. The van der Waals surface area contributed by atoms with Crippen LogP contribution >= 0.6 is 22.9 Å². The zero-order chi connectivity index (χ0) is 15.6. The quantitative estimate of drug-likeness (QED) is 0.341. The maximum absolute atomic E-state index is 13.1. The van der Waals surface area contributed by atoms with Gasteiger partial charge in [0.05, 0.1) is 28.4 Å². The lowest BCUT2D eigenvalue weighted by Gasteiger charge is -2.24. The van der Waals surface area contributed by atoms with Gasteiger partial charge in [-0.2, -0.15) is 16.4 Å². The van der Waals surface area contributed by atoms with E-state index in [4.69, 9.17) is 9.94 Å². The summed E-state index contributed by atoms with van der Waals surface area (Å²) in [6.07, 6.45) is -4.57. The smallest absolute Gasteiger partial charge is 0.419 e. The van der Waals surface area contributed by atoms with Crippen LogP contribution in [-0.4, -0.2) is 16.6 Å². The van der Waals surface area contributed by atoms with Gasteiger partial charge in [-0.1, -0.05) is 0 Å². The van der Waals surface area contributed by atoms with Crippen LogP contribution in [-0.2, 0) is 6.18 Å². The Kier molecular flexibility index (Phi) is 5.25. The number of alkyl halides is 3. The largest absolute Gasteiger partial charge is 0.488 e. The van der Waals surface area contributed by atoms with E-state index in [1.807, 2.05) is 0 Å². The number of nitrogens with one attached hydrogen (secondary N) is 1. The molecule has 2 N–H and O–H groups in total. The van der Waals surface area contributed by atoms with Gasteiger partial charge < -0.3 is 4.74 Å². The first-order valence-electron chi connectivity index (χ1n) is 5.58. The minimum atomic E-state index is -4.57. The Balaban J connectivity index is 3.35. The Hall–Kier alpha value is -1.03. The van der Waals surface area contributed by atoms with E-state index in [9.17, 15) is 13.2 Å². The molecule has 8 heteroatoms. The zero-order valence-corrected chi connectivity index (χ0v) is 13.2. The number of halogens is 4. The average Bonchev–Trinajstić information content (AvgIpc) is 2.29. The van der Waals surface area contributed by atoms with E-state index in [0.29, 0.717) is 0 Å². The summed E-state index contributed by atoms with van der Waals surface area (Å²) in [5.74, 6) is -0.335. The van der Waals surface area contributed by atoms with Gasteiger partial charge in [0.15, 0.2) is 5.84 Å². The van der Waals surface area contributed by atoms with Crippen molar-refractivity contribution in [2.24, 2.45) is 3.21 Å². The number of nitrogens with zero attached hydrogens (tertiary/aromatic N) is 1. The van der Waals surface area contributed by atoms with Crippen molar-refractivity contribution in [2.45, 2.75) is 32.5 Å². The molecule has 0 bridgehead atoms. The highest BCUT2D eigenvalue weighted by molar-refractivity contribution is 14.1. The molecule has 4 nitrogen and oxygen atoms in total. The van der Waals surface area contributed by atoms with Crippen LogP contribution < -0.4 is 10.2 Å². The third-order valence-electron chi connectivity index (χ3n) is 2.16. The van der Waals surface area contributed by atoms with Crippen molar-refractivity contribution < 1.29 is 23.1 Å².